The Labute approximate surface area is 108 Å². The number of carbonyl (C=O) groups is 1. The number of pyridine rings is 1. The number of aromatic nitrogens is 1. The molecule has 92 valence electrons. The van der Waals surface area contributed by atoms with Crippen LogP contribution in [0.1, 0.15) is 23.0 Å². The molecule has 2 rings (SSSR count). The van der Waals surface area contributed by atoms with Crippen LogP contribution < -0.4 is 0 Å². The number of hydrogen-bond donors (Lipinski definition) is 0. The maximum Gasteiger partial charge on any atom is 0.178 e. The van der Waals surface area contributed by atoms with Crippen LogP contribution in [0.5, 0.6) is 0 Å². The Morgan fingerprint density at radius 3 is 2.39 bits per heavy atom. The monoisotopic (exact) mass is 259 g/mol. The van der Waals surface area contributed by atoms with E-state index in [-0.39, 0.29) is 5.78 Å². The highest BCUT2D eigenvalue weighted by molar-refractivity contribution is 7.85. The molecule has 3 nitrogen and oxygen atoms in total. The molecule has 1 atom stereocenters. The first-order valence-electron chi connectivity index (χ1n) is 5.54. The van der Waals surface area contributed by atoms with Crippen LogP contribution in [0, 0.1) is 6.92 Å². The summed E-state index contributed by atoms with van der Waals surface area (Å²) >= 11 is 0. The number of ketones is 1. The van der Waals surface area contributed by atoms with Gasteiger partial charge in [-0.3, -0.25) is 4.79 Å². The number of nitrogens with zero attached hydrogens (tertiary/aromatic N) is 1. The van der Waals surface area contributed by atoms with Crippen LogP contribution in [0.4, 0.5) is 0 Å². The normalized spacial score (nSPS) is 12.1. The molecular formula is C14H13NO2S. The van der Waals surface area contributed by atoms with E-state index in [1.807, 2.05) is 31.2 Å². The van der Waals surface area contributed by atoms with E-state index >= 15 is 0 Å². The largest absolute Gasteiger partial charge is 0.293 e. The first-order valence-corrected chi connectivity index (χ1v) is 6.69. The average molecular weight is 259 g/mol. The van der Waals surface area contributed by atoms with Gasteiger partial charge in [0, 0.05) is 11.8 Å². The zero-order valence-electron chi connectivity index (χ0n) is 10.2. The second-order valence-electron chi connectivity index (χ2n) is 4.00. The van der Waals surface area contributed by atoms with Gasteiger partial charge in [-0.2, -0.15) is 0 Å². The molecule has 0 saturated heterocycles. The zero-order valence-corrected chi connectivity index (χ0v) is 11.0. The molecule has 0 aliphatic rings. The minimum absolute atomic E-state index is 0.127. The van der Waals surface area contributed by atoms with Crippen molar-refractivity contribution in [2.45, 2.75) is 23.8 Å². The average Bonchev–Trinajstić information content (AvgIpc) is 2.39. The van der Waals surface area contributed by atoms with Gasteiger partial charge in [0.2, 0.25) is 0 Å². The van der Waals surface area contributed by atoms with E-state index < -0.39 is 10.8 Å². The molecule has 0 spiro atoms. The Kier molecular flexibility index (Phi) is 3.67. The van der Waals surface area contributed by atoms with Gasteiger partial charge in [0.15, 0.2) is 5.78 Å². The van der Waals surface area contributed by atoms with E-state index in [2.05, 4.69) is 4.98 Å². The van der Waals surface area contributed by atoms with E-state index in [1.165, 1.54) is 6.92 Å². The summed E-state index contributed by atoms with van der Waals surface area (Å²) in [6.07, 6.45) is 0. The predicted octanol–water partition coefficient (Wildman–Crippen LogP) is 2.76. The lowest BCUT2D eigenvalue weighted by Crippen LogP contribution is -2.02. The highest BCUT2D eigenvalue weighted by atomic mass is 32.2. The SMILES string of the molecule is CC(=O)c1cccc(S(=O)c2ccc(C)cc2)n1. The minimum atomic E-state index is -1.35. The molecule has 4 heteroatoms. The minimum Gasteiger partial charge on any atom is -0.293 e. The lowest BCUT2D eigenvalue weighted by molar-refractivity contribution is 0.101. The Bertz CT molecular complexity index is 605. The van der Waals surface area contributed by atoms with E-state index in [0.717, 1.165) is 5.56 Å². The summed E-state index contributed by atoms with van der Waals surface area (Å²) in [5, 5.41) is 0.409. The number of carbonyl (C=O) groups excluding carboxylic acids is 1. The summed E-state index contributed by atoms with van der Waals surface area (Å²) in [6, 6.07) is 12.4. The first-order chi connectivity index (χ1) is 8.58. The molecule has 0 fully saturated rings. The lowest BCUT2D eigenvalue weighted by atomic mass is 10.2. The van der Waals surface area contributed by atoms with Crippen molar-refractivity contribution >= 4 is 16.6 Å². The molecule has 0 amide bonds. The summed E-state index contributed by atoms with van der Waals surface area (Å²) < 4.78 is 12.3. The molecule has 0 saturated carbocycles. The molecule has 1 heterocycles. The smallest absolute Gasteiger partial charge is 0.178 e. The van der Waals surface area contributed by atoms with Gasteiger partial charge in [0.1, 0.15) is 21.5 Å². The summed E-state index contributed by atoms with van der Waals surface area (Å²) in [7, 11) is -1.35. The van der Waals surface area contributed by atoms with Crippen molar-refractivity contribution in [1.29, 1.82) is 0 Å². The Morgan fingerprint density at radius 2 is 1.78 bits per heavy atom. The van der Waals surface area contributed by atoms with Crippen molar-refractivity contribution in [1.82, 2.24) is 4.98 Å². The fourth-order valence-corrected chi connectivity index (χ4v) is 2.50. The first kappa shape index (κ1) is 12.6. The fraction of sp³-hybridized carbons (Fsp3) is 0.143. The van der Waals surface area contributed by atoms with Gasteiger partial charge in [-0.15, -0.1) is 0 Å². The van der Waals surface area contributed by atoms with Crippen LogP contribution >= 0.6 is 0 Å². The van der Waals surface area contributed by atoms with Crippen LogP contribution in [-0.2, 0) is 10.8 Å². The van der Waals surface area contributed by atoms with Crippen molar-refractivity contribution < 1.29 is 9.00 Å². The topological polar surface area (TPSA) is 47.0 Å². The summed E-state index contributed by atoms with van der Waals surface area (Å²) in [5.41, 5.74) is 1.45. The van der Waals surface area contributed by atoms with Gasteiger partial charge >= 0.3 is 0 Å². The Balaban J connectivity index is 2.37. The molecule has 1 aromatic heterocycles. The Hall–Kier alpha value is -1.81. The highest BCUT2D eigenvalue weighted by Crippen LogP contribution is 2.15. The molecular weight excluding hydrogens is 246 g/mol. The second kappa shape index (κ2) is 5.23. The predicted molar refractivity (Wildman–Crippen MR) is 70.1 cm³/mol. The molecule has 0 radical (unpaired) electrons. The summed E-state index contributed by atoms with van der Waals surface area (Å²) in [4.78, 5) is 16.0. The molecule has 2 aromatic rings. The van der Waals surface area contributed by atoms with Gasteiger partial charge in [-0.05, 0) is 31.2 Å². The van der Waals surface area contributed by atoms with Crippen molar-refractivity contribution in [3.05, 3.63) is 53.7 Å². The molecule has 1 aromatic carbocycles. The van der Waals surface area contributed by atoms with E-state index in [9.17, 15) is 9.00 Å². The maximum absolute atomic E-state index is 12.3. The van der Waals surface area contributed by atoms with Crippen molar-refractivity contribution in [3.8, 4) is 0 Å². The number of benzene rings is 1. The molecule has 1 unspecified atom stereocenters. The van der Waals surface area contributed by atoms with Crippen LogP contribution in [0.2, 0.25) is 0 Å². The zero-order chi connectivity index (χ0) is 13.1. The standard InChI is InChI=1S/C14H13NO2S/c1-10-6-8-12(9-7-10)18(17)14-5-3-4-13(15-14)11(2)16/h3-9H,1-2H3. The third-order valence-electron chi connectivity index (χ3n) is 2.51. The van der Waals surface area contributed by atoms with Gasteiger partial charge in [0.25, 0.3) is 0 Å². The number of hydrogen-bond acceptors (Lipinski definition) is 3. The van der Waals surface area contributed by atoms with Gasteiger partial charge in [-0.25, -0.2) is 9.19 Å². The number of Topliss-reactive ketones (excluding diaryl/α,β-unsaturated/α-hetero) is 1. The lowest BCUT2D eigenvalue weighted by Gasteiger charge is -2.03. The van der Waals surface area contributed by atoms with Crippen LogP contribution in [0.3, 0.4) is 0 Å². The molecule has 18 heavy (non-hydrogen) atoms. The third kappa shape index (κ3) is 2.71. The van der Waals surface area contributed by atoms with Crippen LogP contribution in [0.25, 0.3) is 0 Å². The molecule has 0 bridgehead atoms. The van der Waals surface area contributed by atoms with Crippen molar-refractivity contribution in [3.63, 3.8) is 0 Å². The summed E-state index contributed by atoms with van der Waals surface area (Å²) in [6.45, 7) is 3.42. The number of aryl methyl sites for hydroxylation is 1. The van der Waals surface area contributed by atoms with Crippen LogP contribution in [0.15, 0.2) is 52.4 Å². The summed E-state index contributed by atoms with van der Waals surface area (Å²) in [5.74, 6) is -0.127. The van der Waals surface area contributed by atoms with E-state index in [0.29, 0.717) is 15.6 Å². The Morgan fingerprint density at radius 1 is 1.11 bits per heavy atom. The van der Waals surface area contributed by atoms with Crippen molar-refractivity contribution in [2.75, 3.05) is 0 Å². The quantitative estimate of drug-likeness (QED) is 0.796. The van der Waals surface area contributed by atoms with Gasteiger partial charge < -0.3 is 0 Å². The molecule has 0 N–H and O–H groups in total. The fourth-order valence-electron chi connectivity index (χ4n) is 1.50. The molecule has 0 aliphatic carbocycles. The third-order valence-corrected chi connectivity index (χ3v) is 3.82. The maximum atomic E-state index is 12.3. The van der Waals surface area contributed by atoms with Gasteiger partial charge in [0.05, 0.1) is 0 Å². The van der Waals surface area contributed by atoms with E-state index in [1.54, 1.807) is 18.2 Å². The van der Waals surface area contributed by atoms with Crippen LogP contribution in [-0.4, -0.2) is 15.0 Å². The highest BCUT2D eigenvalue weighted by Gasteiger charge is 2.10. The van der Waals surface area contributed by atoms with Crippen molar-refractivity contribution in [2.24, 2.45) is 0 Å². The van der Waals surface area contributed by atoms with E-state index in [4.69, 9.17) is 0 Å². The number of rotatable bonds is 3. The second-order valence-corrected chi connectivity index (χ2v) is 5.43. The molecule has 0 aliphatic heterocycles. The van der Waals surface area contributed by atoms with Gasteiger partial charge in [-0.1, -0.05) is 23.8 Å².